The van der Waals surface area contributed by atoms with Crippen LogP contribution in [0.1, 0.15) is 17.2 Å². The van der Waals surface area contributed by atoms with Gasteiger partial charge in [-0.15, -0.1) is 0 Å². The van der Waals surface area contributed by atoms with Crippen LogP contribution in [-0.4, -0.2) is 16.2 Å². The molecule has 1 heterocycles. The molecule has 0 spiro atoms. The summed E-state index contributed by atoms with van der Waals surface area (Å²) in [6.45, 7) is 0. The van der Waals surface area contributed by atoms with Crippen molar-refractivity contribution in [2.24, 2.45) is 0 Å². The molecule has 4 nitrogen and oxygen atoms in total. The Morgan fingerprint density at radius 2 is 1.57 bits per heavy atom. The largest absolute Gasteiger partial charge is 0.508 e. The van der Waals surface area contributed by atoms with E-state index in [2.05, 4.69) is 0 Å². The summed E-state index contributed by atoms with van der Waals surface area (Å²) < 4.78 is 18.1. The van der Waals surface area contributed by atoms with Gasteiger partial charge in [0.1, 0.15) is 11.6 Å². The van der Waals surface area contributed by atoms with E-state index in [9.17, 15) is 19.4 Å². The van der Waals surface area contributed by atoms with Gasteiger partial charge in [-0.3, -0.25) is 0 Å². The number of aliphatic hydroxyl groups is 1. The number of hydrogen-bond acceptors (Lipinski definition) is 4. The van der Waals surface area contributed by atoms with Gasteiger partial charge in [0.2, 0.25) is 5.76 Å². The van der Waals surface area contributed by atoms with Crippen LogP contribution in [0.2, 0.25) is 0 Å². The zero-order valence-corrected chi connectivity index (χ0v) is 10.8. The van der Waals surface area contributed by atoms with Crippen LogP contribution < -0.4 is 0 Å². The molecule has 0 aromatic heterocycles. The number of phenolic OH excluding ortho intramolecular Hbond substituents is 1. The third-order valence-corrected chi connectivity index (χ3v) is 3.29. The Morgan fingerprint density at radius 1 is 0.952 bits per heavy atom. The highest BCUT2D eigenvalue weighted by atomic mass is 19.1. The first-order valence-electron chi connectivity index (χ1n) is 6.25. The van der Waals surface area contributed by atoms with E-state index < -0.39 is 23.6 Å². The standard InChI is InChI=1S/C16H11FO4/c17-11-5-1-10(2-6-11)15-13(14(19)16(20)21-15)9-3-7-12(18)8-4-9/h1-8,15,18-19H. The van der Waals surface area contributed by atoms with Crippen molar-refractivity contribution in [3.05, 3.63) is 71.2 Å². The van der Waals surface area contributed by atoms with Crippen LogP contribution >= 0.6 is 0 Å². The van der Waals surface area contributed by atoms with Gasteiger partial charge in [-0.25, -0.2) is 9.18 Å². The average Bonchev–Trinajstić information content (AvgIpc) is 2.77. The van der Waals surface area contributed by atoms with Crippen molar-refractivity contribution < 1.29 is 24.1 Å². The minimum absolute atomic E-state index is 0.0717. The van der Waals surface area contributed by atoms with Gasteiger partial charge >= 0.3 is 5.97 Å². The van der Waals surface area contributed by atoms with E-state index in [0.29, 0.717) is 16.7 Å². The number of halogens is 1. The molecule has 1 aliphatic rings. The summed E-state index contributed by atoms with van der Waals surface area (Å²) >= 11 is 0. The van der Waals surface area contributed by atoms with E-state index in [0.717, 1.165) is 0 Å². The summed E-state index contributed by atoms with van der Waals surface area (Å²) in [4.78, 5) is 11.6. The van der Waals surface area contributed by atoms with Gasteiger partial charge in [0.25, 0.3) is 0 Å². The molecule has 2 aromatic rings. The van der Waals surface area contributed by atoms with Gasteiger partial charge in [-0.05, 0) is 35.4 Å². The Bertz CT molecular complexity index is 717. The predicted molar refractivity (Wildman–Crippen MR) is 72.9 cm³/mol. The molecule has 1 unspecified atom stereocenters. The van der Waals surface area contributed by atoms with Crippen LogP contribution in [-0.2, 0) is 9.53 Å². The molecule has 2 aromatic carbocycles. The van der Waals surface area contributed by atoms with Crippen LogP contribution in [0.3, 0.4) is 0 Å². The molecule has 0 bridgehead atoms. The van der Waals surface area contributed by atoms with Crippen LogP contribution in [0.15, 0.2) is 54.3 Å². The van der Waals surface area contributed by atoms with Crippen LogP contribution in [0.5, 0.6) is 5.75 Å². The Balaban J connectivity index is 2.07. The van der Waals surface area contributed by atoms with E-state index in [4.69, 9.17) is 4.74 Å². The highest BCUT2D eigenvalue weighted by Gasteiger charge is 2.36. The SMILES string of the molecule is O=C1OC(c2ccc(F)cc2)C(c2ccc(O)cc2)=C1O. The second-order valence-corrected chi connectivity index (χ2v) is 4.65. The highest BCUT2D eigenvalue weighted by Crippen LogP contribution is 2.40. The maximum atomic E-state index is 13.0. The Morgan fingerprint density at radius 3 is 2.19 bits per heavy atom. The third kappa shape index (κ3) is 2.33. The maximum absolute atomic E-state index is 13.0. The lowest BCUT2D eigenvalue weighted by molar-refractivity contribution is -0.142. The minimum atomic E-state index is -0.826. The van der Waals surface area contributed by atoms with Gasteiger partial charge in [0, 0.05) is 0 Å². The summed E-state index contributed by atoms with van der Waals surface area (Å²) in [6, 6.07) is 11.5. The first kappa shape index (κ1) is 13.2. The van der Waals surface area contributed by atoms with Crippen molar-refractivity contribution in [3.8, 4) is 5.75 Å². The first-order chi connectivity index (χ1) is 10.1. The van der Waals surface area contributed by atoms with Crippen molar-refractivity contribution >= 4 is 11.5 Å². The van der Waals surface area contributed by atoms with E-state index in [1.165, 1.54) is 36.4 Å². The van der Waals surface area contributed by atoms with Crippen molar-refractivity contribution in [2.75, 3.05) is 0 Å². The molecule has 5 heteroatoms. The fourth-order valence-electron chi connectivity index (χ4n) is 2.26. The molecule has 0 fully saturated rings. The zero-order chi connectivity index (χ0) is 15.0. The number of rotatable bonds is 2. The molecule has 3 rings (SSSR count). The monoisotopic (exact) mass is 286 g/mol. The molecule has 0 aliphatic carbocycles. The van der Waals surface area contributed by atoms with Crippen LogP contribution in [0, 0.1) is 5.82 Å². The molecule has 106 valence electrons. The average molecular weight is 286 g/mol. The zero-order valence-electron chi connectivity index (χ0n) is 10.8. The molecule has 0 amide bonds. The van der Waals surface area contributed by atoms with Gasteiger partial charge in [0.05, 0.1) is 5.57 Å². The van der Waals surface area contributed by atoms with E-state index in [-0.39, 0.29) is 5.75 Å². The Hall–Kier alpha value is -2.82. The lowest BCUT2D eigenvalue weighted by atomic mass is 9.95. The fraction of sp³-hybridized carbons (Fsp3) is 0.0625. The molecule has 0 saturated heterocycles. The van der Waals surface area contributed by atoms with Crippen molar-refractivity contribution in [2.45, 2.75) is 6.10 Å². The van der Waals surface area contributed by atoms with Gasteiger partial charge in [-0.2, -0.15) is 0 Å². The number of hydrogen-bond donors (Lipinski definition) is 2. The number of carbonyl (C=O) groups excluding carboxylic acids is 1. The van der Waals surface area contributed by atoms with E-state index >= 15 is 0 Å². The molecule has 21 heavy (non-hydrogen) atoms. The summed E-state index contributed by atoms with van der Waals surface area (Å²) in [5, 5.41) is 19.2. The summed E-state index contributed by atoms with van der Waals surface area (Å²) in [5.74, 6) is -1.63. The Kier molecular flexibility index (Phi) is 3.10. The highest BCUT2D eigenvalue weighted by molar-refractivity contribution is 6.00. The summed E-state index contributed by atoms with van der Waals surface area (Å²) in [7, 11) is 0. The second-order valence-electron chi connectivity index (χ2n) is 4.65. The number of phenols is 1. The number of esters is 1. The predicted octanol–water partition coefficient (Wildman–Crippen LogP) is 3.10. The van der Waals surface area contributed by atoms with Gasteiger partial charge in [0.15, 0.2) is 6.10 Å². The fourth-order valence-corrected chi connectivity index (χ4v) is 2.26. The van der Waals surface area contributed by atoms with Crippen LogP contribution in [0.25, 0.3) is 5.57 Å². The number of aromatic hydroxyl groups is 1. The second kappa shape index (κ2) is 4.94. The summed E-state index contributed by atoms with van der Waals surface area (Å²) in [5.41, 5.74) is 1.40. The molecule has 1 aliphatic heterocycles. The van der Waals surface area contributed by atoms with Crippen molar-refractivity contribution in [1.82, 2.24) is 0 Å². The van der Waals surface area contributed by atoms with Gasteiger partial charge in [-0.1, -0.05) is 24.3 Å². The number of cyclic esters (lactones) is 1. The number of benzene rings is 2. The van der Waals surface area contributed by atoms with Gasteiger partial charge < -0.3 is 14.9 Å². The normalized spacial score (nSPS) is 18.0. The molecule has 1 atom stereocenters. The molecule has 0 radical (unpaired) electrons. The molecular weight excluding hydrogens is 275 g/mol. The summed E-state index contributed by atoms with van der Waals surface area (Å²) in [6.07, 6.45) is -0.803. The lowest BCUT2D eigenvalue weighted by Crippen LogP contribution is -2.03. The minimum Gasteiger partial charge on any atom is -0.508 e. The Labute approximate surface area is 119 Å². The molecular formula is C16H11FO4. The lowest BCUT2D eigenvalue weighted by Gasteiger charge is -2.14. The van der Waals surface area contributed by atoms with E-state index in [1.54, 1.807) is 12.1 Å². The van der Waals surface area contributed by atoms with Crippen molar-refractivity contribution in [1.29, 1.82) is 0 Å². The van der Waals surface area contributed by atoms with Crippen molar-refractivity contribution in [3.63, 3.8) is 0 Å². The number of carbonyl (C=O) groups is 1. The topological polar surface area (TPSA) is 66.8 Å². The smallest absolute Gasteiger partial charge is 0.374 e. The van der Waals surface area contributed by atoms with E-state index in [1.807, 2.05) is 0 Å². The number of ether oxygens (including phenoxy) is 1. The first-order valence-corrected chi connectivity index (χ1v) is 6.25. The number of aliphatic hydroxyl groups excluding tert-OH is 1. The molecule has 0 saturated carbocycles. The van der Waals surface area contributed by atoms with Crippen LogP contribution in [0.4, 0.5) is 4.39 Å². The quantitative estimate of drug-likeness (QED) is 0.832. The maximum Gasteiger partial charge on any atom is 0.374 e. The third-order valence-electron chi connectivity index (χ3n) is 3.29. The molecule has 2 N–H and O–H groups in total.